The van der Waals surface area contributed by atoms with E-state index in [2.05, 4.69) is 5.10 Å². The van der Waals surface area contributed by atoms with Crippen molar-refractivity contribution in [1.29, 1.82) is 0 Å². The van der Waals surface area contributed by atoms with Gasteiger partial charge in [0.05, 0.1) is 18.3 Å². The van der Waals surface area contributed by atoms with Crippen LogP contribution in [0.5, 0.6) is 0 Å². The Kier molecular flexibility index (Phi) is 2.82. The van der Waals surface area contributed by atoms with Crippen LogP contribution < -0.4 is 11.5 Å². The van der Waals surface area contributed by atoms with E-state index in [1.165, 1.54) is 6.20 Å². The first-order valence-electron chi connectivity index (χ1n) is 5.34. The van der Waals surface area contributed by atoms with Crippen molar-refractivity contribution in [3.05, 3.63) is 11.8 Å². The number of rotatable bonds is 2. The van der Waals surface area contributed by atoms with Gasteiger partial charge in [0, 0.05) is 6.61 Å². The molecule has 6 nitrogen and oxygen atoms in total. The topological polar surface area (TPSA) is 96.2 Å². The van der Waals surface area contributed by atoms with Gasteiger partial charge in [0.2, 0.25) is 0 Å². The van der Waals surface area contributed by atoms with Crippen LogP contribution in [0.1, 0.15) is 36.2 Å². The molecular weight excluding hydrogens is 208 g/mol. The number of carbonyl (C=O) groups excluding carboxylic acids is 1. The van der Waals surface area contributed by atoms with Crippen LogP contribution in [-0.2, 0) is 4.74 Å². The number of anilines is 1. The summed E-state index contributed by atoms with van der Waals surface area (Å²) in [6, 6.07) is 0.192. The fraction of sp³-hybridized carbons (Fsp3) is 0.600. The summed E-state index contributed by atoms with van der Waals surface area (Å²) in [7, 11) is 0. The molecule has 16 heavy (non-hydrogen) atoms. The Labute approximate surface area is 93.5 Å². The normalized spacial score (nSPS) is 25.6. The molecule has 1 amide bonds. The monoisotopic (exact) mass is 224 g/mol. The number of primary amides is 1. The zero-order chi connectivity index (χ0) is 11.7. The van der Waals surface area contributed by atoms with Crippen molar-refractivity contribution in [2.24, 2.45) is 5.73 Å². The molecule has 0 spiro atoms. The highest BCUT2D eigenvalue weighted by Gasteiger charge is 2.24. The van der Waals surface area contributed by atoms with Crippen LogP contribution in [0.3, 0.4) is 0 Å². The van der Waals surface area contributed by atoms with Gasteiger partial charge in [-0.05, 0) is 19.8 Å². The predicted molar refractivity (Wildman–Crippen MR) is 58.8 cm³/mol. The second-order valence-corrected chi connectivity index (χ2v) is 4.11. The van der Waals surface area contributed by atoms with Gasteiger partial charge in [-0.25, -0.2) is 4.68 Å². The lowest BCUT2D eigenvalue weighted by Gasteiger charge is -2.28. The summed E-state index contributed by atoms with van der Waals surface area (Å²) >= 11 is 0. The number of nitrogens with zero attached hydrogens (tertiary/aromatic N) is 2. The standard InChI is InChI=1S/C10H16N4O2/c1-6-4-7(2-3-16-6)14-9(11)8(5-13-14)10(12)15/h5-7H,2-4,11H2,1H3,(H2,12,15)/t6-,7?/m1/s1. The van der Waals surface area contributed by atoms with Crippen LogP contribution in [0.4, 0.5) is 5.82 Å². The molecular formula is C10H16N4O2. The molecule has 1 saturated heterocycles. The highest BCUT2D eigenvalue weighted by Crippen LogP contribution is 2.27. The third-order valence-corrected chi connectivity index (χ3v) is 2.90. The van der Waals surface area contributed by atoms with E-state index < -0.39 is 5.91 Å². The van der Waals surface area contributed by atoms with Gasteiger partial charge in [-0.1, -0.05) is 0 Å². The Bertz CT molecular complexity index is 402. The van der Waals surface area contributed by atoms with Crippen LogP contribution in [0.25, 0.3) is 0 Å². The van der Waals surface area contributed by atoms with Gasteiger partial charge >= 0.3 is 0 Å². The average molecular weight is 224 g/mol. The number of nitrogens with two attached hydrogens (primary N) is 2. The van der Waals surface area contributed by atoms with E-state index in [4.69, 9.17) is 16.2 Å². The van der Waals surface area contributed by atoms with Crippen molar-refractivity contribution in [3.63, 3.8) is 0 Å². The van der Waals surface area contributed by atoms with Gasteiger partial charge in [-0.15, -0.1) is 0 Å². The second-order valence-electron chi connectivity index (χ2n) is 4.11. The third-order valence-electron chi connectivity index (χ3n) is 2.90. The summed E-state index contributed by atoms with van der Waals surface area (Å²) in [6.45, 7) is 2.71. The Morgan fingerprint density at radius 2 is 2.44 bits per heavy atom. The third kappa shape index (κ3) is 1.88. The summed E-state index contributed by atoms with van der Waals surface area (Å²) in [5, 5.41) is 4.13. The zero-order valence-corrected chi connectivity index (χ0v) is 9.22. The fourth-order valence-electron chi connectivity index (χ4n) is 2.05. The molecule has 1 aliphatic heterocycles. The van der Waals surface area contributed by atoms with Gasteiger partial charge < -0.3 is 16.2 Å². The highest BCUT2D eigenvalue weighted by molar-refractivity contribution is 5.96. The number of nitrogen functional groups attached to an aromatic ring is 1. The maximum absolute atomic E-state index is 11.0. The maximum atomic E-state index is 11.0. The van der Waals surface area contributed by atoms with E-state index in [-0.39, 0.29) is 12.1 Å². The molecule has 6 heteroatoms. The minimum absolute atomic E-state index is 0.192. The number of hydrogen-bond acceptors (Lipinski definition) is 4. The molecule has 2 atom stereocenters. The minimum atomic E-state index is -0.538. The smallest absolute Gasteiger partial charge is 0.254 e. The van der Waals surface area contributed by atoms with Crippen molar-refractivity contribution in [2.45, 2.75) is 31.9 Å². The number of carbonyl (C=O) groups is 1. The molecule has 0 aliphatic carbocycles. The number of aromatic nitrogens is 2. The first kappa shape index (κ1) is 10.9. The molecule has 0 saturated carbocycles. The van der Waals surface area contributed by atoms with E-state index in [1.807, 2.05) is 6.92 Å². The Hall–Kier alpha value is -1.56. The Morgan fingerprint density at radius 1 is 1.69 bits per heavy atom. The van der Waals surface area contributed by atoms with Crippen molar-refractivity contribution in [1.82, 2.24) is 9.78 Å². The molecule has 0 radical (unpaired) electrons. The van der Waals surface area contributed by atoms with Crippen LogP contribution in [0.15, 0.2) is 6.20 Å². The number of hydrogen-bond donors (Lipinski definition) is 2. The summed E-state index contributed by atoms with van der Waals surface area (Å²) in [4.78, 5) is 11.0. The molecule has 0 aromatic carbocycles. The lowest BCUT2D eigenvalue weighted by atomic mass is 10.0. The van der Waals surface area contributed by atoms with E-state index in [0.717, 1.165) is 12.8 Å². The quantitative estimate of drug-likeness (QED) is 0.755. The van der Waals surface area contributed by atoms with Crippen LogP contribution in [0, 0.1) is 0 Å². The summed E-state index contributed by atoms with van der Waals surface area (Å²) < 4.78 is 7.13. The van der Waals surface area contributed by atoms with Gasteiger partial charge in [0.15, 0.2) is 0 Å². The zero-order valence-electron chi connectivity index (χ0n) is 9.22. The number of ether oxygens (including phenoxy) is 1. The van der Waals surface area contributed by atoms with Gasteiger partial charge in [-0.3, -0.25) is 4.79 Å². The molecule has 1 fully saturated rings. The first-order chi connectivity index (χ1) is 7.59. The Balaban J connectivity index is 2.23. The lowest BCUT2D eigenvalue weighted by molar-refractivity contribution is 0.00399. The van der Waals surface area contributed by atoms with Crippen molar-refractivity contribution in [3.8, 4) is 0 Å². The molecule has 2 heterocycles. The van der Waals surface area contributed by atoms with Gasteiger partial charge in [-0.2, -0.15) is 5.10 Å². The molecule has 1 aliphatic rings. The summed E-state index contributed by atoms with van der Waals surface area (Å²) in [6.07, 6.45) is 3.33. The average Bonchev–Trinajstić information content (AvgIpc) is 2.60. The molecule has 4 N–H and O–H groups in total. The van der Waals surface area contributed by atoms with Gasteiger partial charge in [0.25, 0.3) is 5.91 Å². The van der Waals surface area contributed by atoms with Crippen molar-refractivity contribution >= 4 is 11.7 Å². The molecule has 88 valence electrons. The Morgan fingerprint density at radius 3 is 3.00 bits per heavy atom. The number of amides is 1. The molecule has 0 bridgehead atoms. The highest BCUT2D eigenvalue weighted by atomic mass is 16.5. The van der Waals surface area contributed by atoms with Crippen LogP contribution >= 0.6 is 0 Å². The molecule has 2 rings (SSSR count). The molecule has 1 unspecified atom stereocenters. The fourth-order valence-corrected chi connectivity index (χ4v) is 2.05. The van der Waals surface area contributed by atoms with Crippen LogP contribution in [-0.4, -0.2) is 28.4 Å². The van der Waals surface area contributed by atoms with Crippen molar-refractivity contribution < 1.29 is 9.53 Å². The van der Waals surface area contributed by atoms with E-state index in [0.29, 0.717) is 18.0 Å². The minimum Gasteiger partial charge on any atom is -0.383 e. The summed E-state index contributed by atoms with van der Waals surface area (Å²) in [5.74, 6) is -0.185. The molecule has 1 aromatic heterocycles. The van der Waals surface area contributed by atoms with Crippen LogP contribution in [0.2, 0.25) is 0 Å². The maximum Gasteiger partial charge on any atom is 0.254 e. The lowest BCUT2D eigenvalue weighted by Crippen LogP contribution is -2.27. The van der Waals surface area contributed by atoms with E-state index in [9.17, 15) is 4.79 Å². The van der Waals surface area contributed by atoms with E-state index in [1.54, 1.807) is 4.68 Å². The van der Waals surface area contributed by atoms with Gasteiger partial charge in [0.1, 0.15) is 11.4 Å². The van der Waals surface area contributed by atoms with E-state index >= 15 is 0 Å². The predicted octanol–water partition coefficient (Wildman–Crippen LogP) is 0.304. The second kappa shape index (κ2) is 4.13. The largest absolute Gasteiger partial charge is 0.383 e. The van der Waals surface area contributed by atoms with Crippen molar-refractivity contribution in [2.75, 3.05) is 12.3 Å². The molecule has 1 aromatic rings. The first-order valence-corrected chi connectivity index (χ1v) is 5.34. The summed E-state index contributed by atoms with van der Waals surface area (Å²) in [5.41, 5.74) is 11.3. The SMILES string of the molecule is C[C@@H]1CC(n2ncc(C(N)=O)c2N)CCO1.